The Morgan fingerprint density at radius 1 is 1.23 bits per heavy atom. The second-order valence-electron chi connectivity index (χ2n) is 5.13. The zero-order valence-corrected chi connectivity index (χ0v) is 12.4. The summed E-state index contributed by atoms with van der Waals surface area (Å²) in [5, 5.41) is 2.09. The molecule has 0 radical (unpaired) electrons. The minimum atomic E-state index is 0.319. The molecular formula is C14H19N7O. The molecule has 0 aliphatic carbocycles. The van der Waals surface area contributed by atoms with E-state index in [1.807, 2.05) is 0 Å². The first kappa shape index (κ1) is 14.5. The molecule has 0 saturated carbocycles. The van der Waals surface area contributed by atoms with Crippen LogP contribution >= 0.6 is 0 Å². The summed E-state index contributed by atoms with van der Waals surface area (Å²) in [5.74, 6) is 1.46. The smallest absolute Gasteiger partial charge is 0.248 e. The van der Waals surface area contributed by atoms with Crippen molar-refractivity contribution in [3.8, 4) is 11.6 Å². The van der Waals surface area contributed by atoms with Crippen LogP contribution in [0.4, 0.5) is 11.5 Å². The fourth-order valence-electron chi connectivity index (χ4n) is 2.14. The maximum Gasteiger partial charge on any atom is 0.248 e. The normalized spacial score (nSPS) is 16.4. The Bertz CT molecular complexity index is 614. The van der Waals surface area contributed by atoms with Gasteiger partial charge >= 0.3 is 0 Å². The fourth-order valence-corrected chi connectivity index (χ4v) is 2.14. The lowest BCUT2D eigenvalue weighted by molar-refractivity contribution is 0.178. The standard InChI is InChI=1S/C14H19N7O/c1-20-5-7-21(8-6-20)19-13-12(15)14(18-10-17-13)22-11-3-2-4-16-9-11/h2-4,9-10H,5-8,15H2,1H3,(H,17,18,19). The van der Waals surface area contributed by atoms with Gasteiger partial charge in [0.25, 0.3) is 0 Å². The van der Waals surface area contributed by atoms with Gasteiger partial charge in [-0.3, -0.25) is 4.98 Å². The van der Waals surface area contributed by atoms with Gasteiger partial charge in [-0.1, -0.05) is 0 Å². The van der Waals surface area contributed by atoms with Crippen LogP contribution in [0.1, 0.15) is 0 Å². The van der Waals surface area contributed by atoms with Crippen LogP contribution in [0, 0.1) is 0 Å². The molecule has 1 saturated heterocycles. The zero-order chi connectivity index (χ0) is 15.4. The van der Waals surface area contributed by atoms with Gasteiger partial charge < -0.3 is 20.8 Å². The lowest BCUT2D eigenvalue weighted by atomic mass is 10.4. The van der Waals surface area contributed by atoms with Crippen LogP contribution in [0.15, 0.2) is 30.9 Å². The van der Waals surface area contributed by atoms with E-state index < -0.39 is 0 Å². The van der Waals surface area contributed by atoms with Crippen LogP contribution in [-0.4, -0.2) is 58.1 Å². The van der Waals surface area contributed by atoms with E-state index in [0.717, 1.165) is 26.2 Å². The molecule has 116 valence electrons. The van der Waals surface area contributed by atoms with Crippen molar-refractivity contribution < 1.29 is 4.74 Å². The molecule has 1 fully saturated rings. The third-order valence-corrected chi connectivity index (χ3v) is 3.46. The number of rotatable bonds is 4. The van der Waals surface area contributed by atoms with E-state index in [1.54, 1.807) is 24.5 Å². The van der Waals surface area contributed by atoms with E-state index in [0.29, 0.717) is 23.1 Å². The van der Waals surface area contributed by atoms with Crippen molar-refractivity contribution in [2.75, 3.05) is 44.4 Å². The van der Waals surface area contributed by atoms with Gasteiger partial charge in [-0.15, -0.1) is 0 Å². The van der Waals surface area contributed by atoms with Crippen molar-refractivity contribution in [2.24, 2.45) is 0 Å². The molecule has 0 aromatic carbocycles. The molecule has 2 aromatic heterocycles. The van der Waals surface area contributed by atoms with E-state index in [9.17, 15) is 0 Å². The van der Waals surface area contributed by atoms with Crippen LogP contribution in [0.3, 0.4) is 0 Å². The number of nitrogens with two attached hydrogens (primary N) is 1. The highest BCUT2D eigenvalue weighted by Crippen LogP contribution is 2.28. The van der Waals surface area contributed by atoms with Gasteiger partial charge in [0, 0.05) is 32.4 Å². The van der Waals surface area contributed by atoms with Crippen molar-refractivity contribution >= 4 is 11.5 Å². The zero-order valence-electron chi connectivity index (χ0n) is 12.4. The Balaban J connectivity index is 1.71. The molecule has 22 heavy (non-hydrogen) atoms. The number of anilines is 2. The molecule has 0 bridgehead atoms. The monoisotopic (exact) mass is 301 g/mol. The Morgan fingerprint density at radius 3 is 2.77 bits per heavy atom. The van der Waals surface area contributed by atoms with E-state index in [-0.39, 0.29) is 0 Å². The highest BCUT2D eigenvalue weighted by Gasteiger charge is 2.17. The van der Waals surface area contributed by atoms with Crippen molar-refractivity contribution in [1.82, 2.24) is 24.9 Å². The number of piperazine rings is 1. The molecule has 0 amide bonds. The predicted octanol–water partition coefficient (Wildman–Crippen LogP) is 0.820. The lowest BCUT2D eigenvalue weighted by Crippen LogP contribution is -2.47. The molecule has 3 rings (SSSR count). The SMILES string of the molecule is CN1CCN(Nc2ncnc(Oc3cccnc3)c2N)CC1. The maximum absolute atomic E-state index is 6.11. The molecule has 3 N–H and O–H groups in total. The first-order valence-corrected chi connectivity index (χ1v) is 7.11. The quantitative estimate of drug-likeness (QED) is 0.857. The average molecular weight is 301 g/mol. The third kappa shape index (κ3) is 3.41. The van der Waals surface area contributed by atoms with Crippen LogP contribution in [0.5, 0.6) is 11.6 Å². The highest BCUT2D eigenvalue weighted by molar-refractivity contribution is 5.66. The number of ether oxygens (including phenoxy) is 1. The summed E-state index contributed by atoms with van der Waals surface area (Å²) in [5.41, 5.74) is 9.72. The molecule has 0 atom stereocenters. The van der Waals surface area contributed by atoms with Crippen molar-refractivity contribution in [2.45, 2.75) is 0 Å². The molecule has 1 aliphatic heterocycles. The summed E-state index contributed by atoms with van der Waals surface area (Å²) in [6.45, 7) is 3.80. The molecule has 3 heterocycles. The number of hydrogen-bond acceptors (Lipinski definition) is 8. The fraction of sp³-hybridized carbons (Fsp3) is 0.357. The second kappa shape index (κ2) is 6.54. The lowest BCUT2D eigenvalue weighted by Gasteiger charge is -2.32. The van der Waals surface area contributed by atoms with Crippen LogP contribution in [-0.2, 0) is 0 Å². The Kier molecular flexibility index (Phi) is 4.31. The third-order valence-electron chi connectivity index (χ3n) is 3.46. The minimum Gasteiger partial charge on any atom is -0.435 e. The number of nitrogen functional groups attached to an aromatic ring is 1. The van der Waals surface area contributed by atoms with Gasteiger partial charge in [0.15, 0.2) is 5.82 Å². The molecule has 0 unspecified atom stereocenters. The van der Waals surface area contributed by atoms with E-state index in [1.165, 1.54) is 6.33 Å². The van der Waals surface area contributed by atoms with Gasteiger partial charge in [-0.25, -0.2) is 9.99 Å². The largest absolute Gasteiger partial charge is 0.435 e. The highest BCUT2D eigenvalue weighted by atomic mass is 16.5. The van der Waals surface area contributed by atoms with E-state index in [2.05, 4.69) is 37.3 Å². The first-order chi connectivity index (χ1) is 10.7. The van der Waals surface area contributed by atoms with Crippen LogP contribution in [0.25, 0.3) is 0 Å². The molecule has 8 nitrogen and oxygen atoms in total. The number of likely N-dealkylation sites (N-methyl/N-ethyl adjacent to an activating group) is 1. The van der Waals surface area contributed by atoms with Crippen LogP contribution < -0.4 is 15.9 Å². The number of hydrogen-bond donors (Lipinski definition) is 2. The first-order valence-electron chi connectivity index (χ1n) is 7.11. The van der Waals surface area contributed by atoms with Crippen molar-refractivity contribution in [3.63, 3.8) is 0 Å². The molecule has 0 spiro atoms. The molecule has 8 heteroatoms. The second-order valence-corrected chi connectivity index (χ2v) is 5.13. The summed E-state index contributed by atoms with van der Waals surface area (Å²) >= 11 is 0. The molecule has 2 aromatic rings. The predicted molar refractivity (Wildman–Crippen MR) is 83.4 cm³/mol. The van der Waals surface area contributed by atoms with E-state index >= 15 is 0 Å². The summed E-state index contributed by atoms with van der Waals surface area (Å²) in [4.78, 5) is 14.6. The van der Waals surface area contributed by atoms with Gasteiger partial charge in [-0.2, -0.15) is 4.98 Å². The van der Waals surface area contributed by atoms with Crippen LogP contribution in [0.2, 0.25) is 0 Å². The topological polar surface area (TPSA) is 92.4 Å². The summed E-state index contributed by atoms with van der Waals surface area (Å²) in [6.07, 6.45) is 4.71. The number of nitrogens with zero attached hydrogens (tertiary/aromatic N) is 5. The van der Waals surface area contributed by atoms with Gasteiger partial charge in [0.1, 0.15) is 17.8 Å². The summed E-state index contributed by atoms with van der Waals surface area (Å²) < 4.78 is 5.65. The number of hydrazine groups is 1. The molecular weight excluding hydrogens is 282 g/mol. The van der Waals surface area contributed by atoms with E-state index in [4.69, 9.17) is 10.5 Å². The average Bonchev–Trinajstić information content (AvgIpc) is 2.54. The Labute approximate surface area is 128 Å². The minimum absolute atomic E-state index is 0.319. The Hall–Kier alpha value is -2.45. The number of pyridine rings is 1. The molecule has 1 aliphatic rings. The number of aromatic nitrogens is 3. The Morgan fingerprint density at radius 2 is 2.05 bits per heavy atom. The van der Waals surface area contributed by atoms with Crippen molar-refractivity contribution in [3.05, 3.63) is 30.9 Å². The van der Waals surface area contributed by atoms with Gasteiger partial charge in [0.05, 0.1) is 6.20 Å². The van der Waals surface area contributed by atoms with Crippen molar-refractivity contribution in [1.29, 1.82) is 0 Å². The van der Waals surface area contributed by atoms with Gasteiger partial charge in [0.2, 0.25) is 5.88 Å². The maximum atomic E-state index is 6.11. The summed E-state index contributed by atoms with van der Waals surface area (Å²) in [6, 6.07) is 3.58. The number of nitrogens with one attached hydrogen (secondary N) is 1. The summed E-state index contributed by atoms with van der Waals surface area (Å²) in [7, 11) is 2.11. The van der Waals surface area contributed by atoms with Gasteiger partial charge in [-0.05, 0) is 19.2 Å².